The van der Waals surface area contributed by atoms with Gasteiger partial charge in [-0.1, -0.05) is 30.3 Å². The molecule has 118 valence electrons. The number of fused-ring (bicyclic) bond motifs is 1. The molecule has 0 saturated heterocycles. The maximum Gasteiger partial charge on any atom is 0.259 e. The molecule has 0 radical (unpaired) electrons. The van der Waals surface area contributed by atoms with Crippen LogP contribution in [0.4, 0.5) is 5.69 Å². The van der Waals surface area contributed by atoms with E-state index in [1.807, 2.05) is 43.3 Å². The van der Waals surface area contributed by atoms with Crippen LogP contribution in [0.15, 0.2) is 53.6 Å². The van der Waals surface area contributed by atoms with Crippen molar-refractivity contribution in [1.29, 1.82) is 0 Å². The normalized spacial score (nSPS) is 12.8. The standard InChI is InChI=1S/C17H17N3O3/c1-12(13-5-3-2-4-6-13)19-20-17(21)10-18-14-7-8-15-16(9-14)23-11-22-15/h2-9,18H,10-11H2,1H3,(H,20,21)/b19-12-. The maximum atomic E-state index is 11.8. The van der Waals surface area contributed by atoms with E-state index in [9.17, 15) is 4.79 Å². The fraction of sp³-hybridized carbons (Fsp3) is 0.176. The van der Waals surface area contributed by atoms with Crippen LogP contribution in [0.2, 0.25) is 0 Å². The molecular formula is C17H17N3O3. The van der Waals surface area contributed by atoms with Crippen LogP contribution in [0, 0.1) is 0 Å². The molecule has 23 heavy (non-hydrogen) atoms. The third-order valence-corrected chi connectivity index (χ3v) is 3.37. The van der Waals surface area contributed by atoms with Gasteiger partial charge >= 0.3 is 0 Å². The molecule has 0 aromatic heterocycles. The SMILES string of the molecule is C/C(=N/NC(=O)CNc1ccc2c(c1)OCO2)c1ccccc1. The monoisotopic (exact) mass is 311 g/mol. The summed E-state index contributed by atoms with van der Waals surface area (Å²) in [5.74, 6) is 1.16. The highest BCUT2D eigenvalue weighted by molar-refractivity contribution is 5.99. The molecule has 6 nitrogen and oxygen atoms in total. The third-order valence-electron chi connectivity index (χ3n) is 3.37. The maximum absolute atomic E-state index is 11.8. The number of hydrazone groups is 1. The van der Waals surface area contributed by atoms with Gasteiger partial charge in [0.15, 0.2) is 11.5 Å². The molecule has 0 bridgehead atoms. The van der Waals surface area contributed by atoms with E-state index < -0.39 is 0 Å². The number of hydrogen-bond acceptors (Lipinski definition) is 5. The van der Waals surface area contributed by atoms with Crippen molar-refractivity contribution in [1.82, 2.24) is 5.43 Å². The lowest BCUT2D eigenvalue weighted by atomic mass is 10.1. The Labute approximate surface area is 134 Å². The second-order valence-corrected chi connectivity index (χ2v) is 5.02. The minimum absolute atomic E-state index is 0.116. The van der Waals surface area contributed by atoms with E-state index in [0.717, 1.165) is 17.0 Å². The molecule has 0 spiro atoms. The molecule has 0 fully saturated rings. The molecule has 2 N–H and O–H groups in total. The van der Waals surface area contributed by atoms with Crippen molar-refractivity contribution < 1.29 is 14.3 Å². The van der Waals surface area contributed by atoms with Crippen molar-refractivity contribution >= 4 is 17.3 Å². The van der Waals surface area contributed by atoms with Crippen LogP contribution in [0.1, 0.15) is 12.5 Å². The summed E-state index contributed by atoms with van der Waals surface area (Å²) >= 11 is 0. The summed E-state index contributed by atoms with van der Waals surface area (Å²) in [6.07, 6.45) is 0. The number of carbonyl (C=O) groups is 1. The molecule has 1 amide bonds. The fourth-order valence-electron chi connectivity index (χ4n) is 2.12. The van der Waals surface area contributed by atoms with Gasteiger partial charge in [-0.05, 0) is 24.6 Å². The first-order valence-corrected chi connectivity index (χ1v) is 7.24. The van der Waals surface area contributed by atoms with E-state index in [-0.39, 0.29) is 19.2 Å². The van der Waals surface area contributed by atoms with Gasteiger partial charge in [-0.3, -0.25) is 4.79 Å². The minimum Gasteiger partial charge on any atom is -0.454 e. The molecular weight excluding hydrogens is 294 g/mol. The molecule has 1 aliphatic rings. The average Bonchev–Trinajstić information content (AvgIpc) is 3.06. The van der Waals surface area contributed by atoms with Crippen LogP contribution < -0.4 is 20.2 Å². The van der Waals surface area contributed by atoms with Gasteiger partial charge in [0, 0.05) is 11.8 Å². The summed E-state index contributed by atoms with van der Waals surface area (Å²) in [5.41, 5.74) is 5.04. The van der Waals surface area contributed by atoms with Crippen LogP contribution in [0.25, 0.3) is 0 Å². The Morgan fingerprint density at radius 1 is 1.13 bits per heavy atom. The number of carbonyl (C=O) groups excluding carboxylic acids is 1. The van der Waals surface area contributed by atoms with Gasteiger partial charge in [0.05, 0.1) is 12.3 Å². The summed E-state index contributed by atoms with van der Waals surface area (Å²) in [6, 6.07) is 15.1. The van der Waals surface area contributed by atoms with Gasteiger partial charge in [-0.2, -0.15) is 5.10 Å². The molecule has 0 saturated carbocycles. The van der Waals surface area contributed by atoms with Crippen molar-refractivity contribution in [2.45, 2.75) is 6.92 Å². The molecule has 1 heterocycles. The van der Waals surface area contributed by atoms with Gasteiger partial charge in [-0.25, -0.2) is 5.43 Å². The number of amides is 1. The smallest absolute Gasteiger partial charge is 0.259 e. The predicted octanol–water partition coefficient (Wildman–Crippen LogP) is 2.37. The first-order chi connectivity index (χ1) is 11.2. The molecule has 1 aliphatic heterocycles. The summed E-state index contributed by atoms with van der Waals surface area (Å²) in [7, 11) is 0. The predicted molar refractivity (Wildman–Crippen MR) is 87.9 cm³/mol. The van der Waals surface area contributed by atoms with E-state index >= 15 is 0 Å². The second kappa shape index (κ2) is 6.83. The molecule has 3 rings (SSSR count). The first-order valence-electron chi connectivity index (χ1n) is 7.24. The summed E-state index contributed by atoms with van der Waals surface area (Å²) < 4.78 is 10.5. The third kappa shape index (κ3) is 3.79. The quantitative estimate of drug-likeness (QED) is 0.657. The Balaban J connectivity index is 1.52. The van der Waals surface area contributed by atoms with Crippen molar-refractivity contribution in [2.75, 3.05) is 18.7 Å². The number of rotatable bonds is 5. The fourth-order valence-corrected chi connectivity index (χ4v) is 2.12. The highest BCUT2D eigenvalue weighted by Crippen LogP contribution is 2.34. The van der Waals surface area contributed by atoms with Gasteiger partial charge in [0.2, 0.25) is 6.79 Å². The zero-order valence-electron chi connectivity index (χ0n) is 12.7. The Hall–Kier alpha value is -3.02. The Morgan fingerprint density at radius 2 is 1.91 bits per heavy atom. The van der Waals surface area contributed by atoms with Crippen molar-refractivity contribution in [3.63, 3.8) is 0 Å². The Bertz CT molecular complexity index is 729. The topological polar surface area (TPSA) is 72.0 Å². The van der Waals surface area contributed by atoms with Gasteiger partial charge in [0.25, 0.3) is 5.91 Å². The molecule has 2 aromatic rings. The van der Waals surface area contributed by atoms with E-state index in [1.165, 1.54) is 0 Å². The van der Waals surface area contributed by atoms with Crippen LogP contribution >= 0.6 is 0 Å². The van der Waals surface area contributed by atoms with Gasteiger partial charge < -0.3 is 14.8 Å². The first kappa shape index (κ1) is 14.9. The number of ether oxygens (including phenoxy) is 2. The molecule has 0 aliphatic carbocycles. The van der Waals surface area contributed by atoms with E-state index in [2.05, 4.69) is 15.8 Å². The zero-order valence-corrected chi connectivity index (χ0v) is 12.7. The number of anilines is 1. The number of nitrogens with zero attached hydrogens (tertiary/aromatic N) is 1. The highest BCUT2D eigenvalue weighted by atomic mass is 16.7. The number of benzene rings is 2. The van der Waals surface area contributed by atoms with Crippen molar-refractivity contribution in [3.05, 3.63) is 54.1 Å². The Morgan fingerprint density at radius 3 is 2.74 bits per heavy atom. The minimum atomic E-state index is -0.224. The van der Waals surface area contributed by atoms with Crippen LogP contribution in [-0.2, 0) is 4.79 Å². The zero-order chi connectivity index (χ0) is 16.1. The summed E-state index contributed by atoms with van der Waals surface area (Å²) in [6.45, 7) is 2.19. The second-order valence-electron chi connectivity index (χ2n) is 5.02. The highest BCUT2D eigenvalue weighted by Gasteiger charge is 2.13. The van der Waals surface area contributed by atoms with E-state index in [0.29, 0.717) is 11.5 Å². The molecule has 6 heteroatoms. The van der Waals surface area contributed by atoms with E-state index in [4.69, 9.17) is 9.47 Å². The average molecular weight is 311 g/mol. The van der Waals surface area contributed by atoms with E-state index in [1.54, 1.807) is 12.1 Å². The molecule has 0 unspecified atom stereocenters. The van der Waals surface area contributed by atoms with Crippen LogP contribution in [-0.4, -0.2) is 25.0 Å². The van der Waals surface area contributed by atoms with Crippen molar-refractivity contribution in [3.8, 4) is 11.5 Å². The number of hydrogen-bond donors (Lipinski definition) is 2. The van der Waals surface area contributed by atoms with Crippen molar-refractivity contribution in [2.24, 2.45) is 5.10 Å². The van der Waals surface area contributed by atoms with Crippen LogP contribution in [0.3, 0.4) is 0 Å². The lowest BCUT2D eigenvalue weighted by Crippen LogP contribution is -2.26. The molecule has 0 atom stereocenters. The lowest BCUT2D eigenvalue weighted by molar-refractivity contribution is -0.119. The lowest BCUT2D eigenvalue weighted by Gasteiger charge is -2.07. The van der Waals surface area contributed by atoms with Gasteiger partial charge in [-0.15, -0.1) is 0 Å². The number of nitrogens with one attached hydrogen (secondary N) is 2. The largest absolute Gasteiger partial charge is 0.454 e. The van der Waals surface area contributed by atoms with Gasteiger partial charge in [0.1, 0.15) is 0 Å². The molecule has 2 aromatic carbocycles. The summed E-state index contributed by atoms with van der Waals surface area (Å²) in [5, 5.41) is 7.12. The van der Waals surface area contributed by atoms with Crippen LogP contribution in [0.5, 0.6) is 11.5 Å². The summed E-state index contributed by atoms with van der Waals surface area (Å²) in [4.78, 5) is 11.8. The Kier molecular flexibility index (Phi) is 4.42.